The Kier molecular flexibility index (Phi) is 2.23. The molecule has 0 aromatic carbocycles. The lowest BCUT2D eigenvalue weighted by atomic mass is 10.1. The zero-order chi connectivity index (χ0) is 10.1. The van der Waals surface area contributed by atoms with Gasteiger partial charge in [-0.05, 0) is 18.8 Å². The number of carbonyl (C=O) groups is 1. The highest BCUT2D eigenvalue weighted by atomic mass is 16.5. The lowest BCUT2D eigenvalue weighted by Gasteiger charge is -2.01. The maximum Gasteiger partial charge on any atom is 0.396 e. The molecule has 0 amide bonds. The van der Waals surface area contributed by atoms with Crippen LogP contribution in [0.1, 0.15) is 42.3 Å². The Hall–Kier alpha value is -1.39. The summed E-state index contributed by atoms with van der Waals surface area (Å²) in [6, 6.07) is 0. The predicted molar refractivity (Wildman–Crippen MR) is 46.8 cm³/mol. The number of carbonyl (C=O) groups excluding carboxylic acids is 1. The van der Waals surface area contributed by atoms with E-state index in [9.17, 15) is 4.79 Å². The Bertz CT molecular complexity index is 344. The van der Waals surface area contributed by atoms with E-state index in [1.807, 2.05) is 6.92 Å². The largest absolute Gasteiger partial charge is 0.462 e. The summed E-state index contributed by atoms with van der Waals surface area (Å²) in [4.78, 5) is 11.0. The van der Waals surface area contributed by atoms with Crippen molar-refractivity contribution in [3.05, 3.63) is 11.8 Å². The Balaban J connectivity index is 2.12. The molecular formula is C9H12N2O3. The van der Waals surface area contributed by atoms with Crippen LogP contribution in [0.3, 0.4) is 0 Å². The number of ether oxygens (including phenoxy) is 1. The minimum Gasteiger partial charge on any atom is -0.462 e. The van der Waals surface area contributed by atoms with Crippen LogP contribution < -0.4 is 0 Å². The van der Waals surface area contributed by atoms with Gasteiger partial charge in [0.1, 0.15) is 0 Å². The second-order valence-electron chi connectivity index (χ2n) is 3.56. The molecule has 1 aliphatic carbocycles. The molecule has 76 valence electrons. The third kappa shape index (κ3) is 1.62. The molecule has 0 radical (unpaired) electrons. The Morgan fingerprint density at radius 2 is 2.29 bits per heavy atom. The van der Waals surface area contributed by atoms with Crippen LogP contribution in [0.4, 0.5) is 0 Å². The van der Waals surface area contributed by atoms with Gasteiger partial charge in [-0.25, -0.2) is 4.79 Å². The summed E-state index contributed by atoms with van der Waals surface area (Å²) in [6.45, 7) is 2.03. The molecule has 14 heavy (non-hydrogen) atoms. The molecule has 1 fully saturated rings. The highest BCUT2D eigenvalue weighted by molar-refractivity contribution is 5.83. The molecule has 0 bridgehead atoms. The Labute approximate surface area is 81.5 Å². The number of esters is 1. The first-order valence-corrected chi connectivity index (χ1v) is 4.64. The smallest absolute Gasteiger partial charge is 0.396 e. The molecule has 0 aliphatic heterocycles. The van der Waals surface area contributed by atoms with Gasteiger partial charge in [0.2, 0.25) is 5.89 Å². The minimum atomic E-state index is -0.577. The van der Waals surface area contributed by atoms with Crippen molar-refractivity contribution in [3.8, 4) is 0 Å². The van der Waals surface area contributed by atoms with E-state index in [0.29, 0.717) is 11.8 Å². The van der Waals surface area contributed by atoms with Gasteiger partial charge < -0.3 is 9.15 Å². The lowest BCUT2D eigenvalue weighted by Crippen LogP contribution is -2.00. The number of methoxy groups -OCH3 is 1. The Morgan fingerprint density at radius 3 is 2.86 bits per heavy atom. The molecule has 5 nitrogen and oxygen atoms in total. The molecular weight excluding hydrogens is 184 g/mol. The normalized spacial score (nSPS) is 17.9. The molecule has 1 aromatic rings. The second kappa shape index (κ2) is 3.40. The lowest BCUT2D eigenvalue weighted by molar-refractivity contribution is 0.0553. The molecule has 1 unspecified atom stereocenters. The molecule has 0 spiro atoms. The zero-order valence-corrected chi connectivity index (χ0v) is 8.19. The first-order chi connectivity index (χ1) is 6.72. The topological polar surface area (TPSA) is 65.2 Å². The van der Waals surface area contributed by atoms with Gasteiger partial charge in [-0.1, -0.05) is 6.92 Å². The van der Waals surface area contributed by atoms with Crippen molar-refractivity contribution in [1.29, 1.82) is 0 Å². The predicted octanol–water partition coefficient (Wildman–Crippen LogP) is 1.37. The first kappa shape index (κ1) is 9.18. The maximum atomic E-state index is 11.0. The van der Waals surface area contributed by atoms with Crippen LogP contribution in [0.25, 0.3) is 0 Å². The summed E-state index contributed by atoms with van der Waals surface area (Å²) in [5.74, 6) is 0.788. The summed E-state index contributed by atoms with van der Waals surface area (Å²) in [6.07, 6.45) is 2.41. The van der Waals surface area contributed by atoms with Gasteiger partial charge in [-0.3, -0.25) is 0 Å². The van der Waals surface area contributed by atoms with Gasteiger partial charge in [-0.15, -0.1) is 10.2 Å². The molecule has 1 saturated carbocycles. The van der Waals surface area contributed by atoms with E-state index in [-0.39, 0.29) is 11.8 Å². The van der Waals surface area contributed by atoms with E-state index < -0.39 is 5.97 Å². The third-order valence-corrected chi connectivity index (χ3v) is 2.52. The van der Waals surface area contributed by atoms with E-state index in [2.05, 4.69) is 14.9 Å². The van der Waals surface area contributed by atoms with Crippen molar-refractivity contribution in [3.63, 3.8) is 0 Å². The van der Waals surface area contributed by atoms with E-state index in [4.69, 9.17) is 4.42 Å². The van der Waals surface area contributed by atoms with Gasteiger partial charge in [0.25, 0.3) is 0 Å². The SMILES string of the molecule is COC(=O)c1nnc(C(C)C2CC2)o1. The number of hydrogen-bond donors (Lipinski definition) is 0. The van der Waals surface area contributed by atoms with Gasteiger partial charge in [-0.2, -0.15) is 0 Å². The highest BCUT2D eigenvalue weighted by Gasteiger charge is 2.33. The molecule has 1 aliphatic rings. The average Bonchev–Trinajstić information content (AvgIpc) is 2.93. The molecule has 0 saturated heterocycles. The van der Waals surface area contributed by atoms with Gasteiger partial charge in [0.05, 0.1) is 7.11 Å². The Morgan fingerprint density at radius 1 is 1.57 bits per heavy atom. The number of aromatic nitrogens is 2. The zero-order valence-electron chi connectivity index (χ0n) is 8.19. The van der Waals surface area contributed by atoms with E-state index >= 15 is 0 Å². The molecule has 0 N–H and O–H groups in total. The minimum absolute atomic E-state index is 0.0602. The summed E-state index contributed by atoms with van der Waals surface area (Å²) >= 11 is 0. The quantitative estimate of drug-likeness (QED) is 0.683. The van der Waals surface area contributed by atoms with Crippen LogP contribution in [0.2, 0.25) is 0 Å². The van der Waals surface area contributed by atoms with Gasteiger partial charge in [0.15, 0.2) is 0 Å². The fourth-order valence-corrected chi connectivity index (χ4v) is 1.39. The van der Waals surface area contributed by atoms with Crippen molar-refractivity contribution < 1.29 is 13.9 Å². The highest BCUT2D eigenvalue weighted by Crippen LogP contribution is 2.41. The van der Waals surface area contributed by atoms with Crippen LogP contribution in [0.15, 0.2) is 4.42 Å². The van der Waals surface area contributed by atoms with Crippen LogP contribution in [0.5, 0.6) is 0 Å². The fraction of sp³-hybridized carbons (Fsp3) is 0.667. The monoisotopic (exact) mass is 196 g/mol. The molecule has 1 heterocycles. The fourth-order valence-electron chi connectivity index (χ4n) is 1.39. The third-order valence-electron chi connectivity index (χ3n) is 2.52. The maximum absolute atomic E-state index is 11.0. The number of hydrogen-bond acceptors (Lipinski definition) is 5. The summed E-state index contributed by atoms with van der Waals surface area (Å²) in [5, 5.41) is 7.46. The van der Waals surface area contributed by atoms with E-state index in [1.54, 1.807) is 0 Å². The van der Waals surface area contributed by atoms with Crippen molar-refractivity contribution in [2.75, 3.05) is 7.11 Å². The van der Waals surface area contributed by atoms with Crippen LogP contribution in [0, 0.1) is 5.92 Å². The number of nitrogens with zero attached hydrogens (tertiary/aromatic N) is 2. The second-order valence-corrected chi connectivity index (χ2v) is 3.56. The van der Waals surface area contributed by atoms with E-state index in [1.165, 1.54) is 20.0 Å². The molecule has 5 heteroatoms. The van der Waals surface area contributed by atoms with E-state index in [0.717, 1.165) is 0 Å². The van der Waals surface area contributed by atoms with Crippen molar-refractivity contribution in [2.24, 2.45) is 5.92 Å². The van der Waals surface area contributed by atoms with Crippen molar-refractivity contribution >= 4 is 5.97 Å². The van der Waals surface area contributed by atoms with Crippen molar-refractivity contribution in [1.82, 2.24) is 10.2 Å². The van der Waals surface area contributed by atoms with Crippen molar-refractivity contribution in [2.45, 2.75) is 25.7 Å². The average molecular weight is 196 g/mol. The molecule has 1 atom stereocenters. The molecule has 2 rings (SSSR count). The first-order valence-electron chi connectivity index (χ1n) is 4.64. The summed E-state index contributed by atoms with van der Waals surface area (Å²) in [5.41, 5.74) is 0. The van der Waals surface area contributed by atoms with Crippen LogP contribution in [-0.4, -0.2) is 23.3 Å². The standard InChI is InChI=1S/C9H12N2O3/c1-5(6-3-4-6)7-10-11-8(14-7)9(12)13-2/h5-6H,3-4H2,1-2H3. The van der Waals surface area contributed by atoms with Gasteiger partial charge >= 0.3 is 11.9 Å². The summed E-state index contributed by atoms with van der Waals surface area (Å²) in [7, 11) is 1.29. The summed E-state index contributed by atoms with van der Waals surface area (Å²) < 4.78 is 9.67. The van der Waals surface area contributed by atoms with Crippen LogP contribution in [-0.2, 0) is 4.74 Å². The number of rotatable bonds is 3. The van der Waals surface area contributed by atoms with Gasteiger partial charge in [0, 0.05) is 5.92 Å². The van der Waals surface area contributed by atoms with Crippen LogP contribution >= 0.6 is 0 Å². The molecule has 1 aromatic heterocycles.